The standard InChI is InChI=1S/C12H10Cl2FN3/c13-10-9-5-6-18(11(9)17-12(14)16-10)8-3-1-7(15)2-4-8/h1,3-4,7H,2,5-6H2. The molecule has 0 aromatic carbocycles. The van der Waals surface area contributed by atoms with Crippen molar-refractivity contribution >= 4 is 29.0 Å². The Hall–Kier alpha value is -1.13. The molecule has 0 saturated carbocycles. The highest BCUT2D eigenvalue weighted by Crippen LogP contribution is 2.35. The van der Waals surface area contributed by atoms with Crippen molar-refractivity contribution in [2.75, 3.05) is 11.4 Å². The lowest BCUT2D eigenvalue weighted by Gasteiger charge is -2.22. The third-order valence-electron chi connectivity index (χ3n) is 3.09. The highest BCUT2D eigenvalue weighted by molar-refractivity contribution is 6.32. The maximum atomic E-state index is 13.1. The predicted molar refractivity (Wildman–Crippen MR) is 69.8 cm³/mol. The molecule has 3 rings (SSSR count). The van der Waals surface area contributed by atoms with E-state index in [-0.39, 0.29) is 5.28 Å². The molecule has 0 amide bonds. The monoisotopic (exact) mass is 285 g/mol. The third kappa shape index (κ3) is 1.99. The van der Waals surface area contributed by atoms with Gasteiger partial charge in [-0.2, -0.15) is 4.98 Å². The van der Waals surface area contributed by atoms with E-state index in [4.69, 9.17) is 23.2 Å². The molecule has 2 heterocycles. The number of halogens is 3. The zero-order valence-corrected chi connectivity index (χ0v) is 10.9. The number of nitrogens with zero attached hydrogens (tertiary/aromatic N) is 3. The van der Waals surface area contributed by atoms with E-state index in [1.54, 1.807) is 12.2 Å². The average molecular weight is 286 g/mol. The number of aromatic nitrogens is 2. The molecule has 1 aliphatic carbocycles. The van der Waals surface area contributed by atoms with E-state index in [1.807, 2.05) is 11.0 Å². The van der Waals surface area contributed by atoms with Crippen LogP contribution >= 0.6 is 23.2 Å². The lowest BCUT2D eigenvalue weighted by Crippen LogP contribution is -2.21. The van der Waals surface area contributed by atoms with Crippen molar-refractivity contribution in [1.82, 2.24) is 9.97 Å². The molecule has 2 aliphatic rings. The van der Waals surface area contributed by atoms with E-state index < -0.39 is 6.17 Å². The fraction of sp³-hybridized carbons (Fsp3) is 0.333. The van der Waals surface area contributed by atoms with Gasteiger partial charge in [0.1, 0.15) is 17.1 Å². The molecule has 1 unspecified atom stereocenters. The Bertz CT molecular complexity index is 556. The van der Waals surface area contributed by atoms with Gasteiger partial charge in [-0.25, -0.2) is 9.37 Å². The number of hydrogen-bond donors (Lipinski definition) is 0. The van der Waals surface area contributed by atoms with Crippen LogP contribution in [-0.4, -0.2) is 22.7 Å². The fourth-order valence-electron chi connectivity index (χ4n) is 2.22. The summed E-state index contributed by atoms with van der Waals surface area (Å²) in [5.41, 5.74) is 1.84. The van der Waals surface area contributed by atoms with Gasteiger partial charge in [0.15, 0.2) is 0 Å². The van der Waals surface area contributed by atoms with Crippen molar-refractivity contribution in [2.45, 2.75) is 19.0 Å². The van der Waals surface area contributed by atoms with E-state index >= 15 is 0 Å². The van der Waals surface area contributed by atoms with Crippen LogP contribution in [-0.2, 0) is 6.42 Å². The molecule has 3 nitrogen and oxygen atoms in total. The average Bonchev–Trinajstić information content (AvgIpc) is 2.74. The third-order valence-corrected chi connectivity index (χ3v) is 3.57. The van der Waals surface area contributed by atoms with Crippen molar-refractivity contribution < 1.29 is 4.39 Å². The second kappa shape index (κ2) is 4.52. The van der Waals surface area contributed by atoms with Crippen molar-refractivity contribution in [3.63, 3.8) is 0 Å². The summed E-state index contributed by atoms with van der Waals surface area (Å²) in [6, 6.07) is 0. The molecule has 0 N–H and O–H groups in total. The molecule has 0 radical (unpaired) electrons. The molecule has 1 aromatic rings. The van der Waals surface area contributed by atoms with Gasteiger partial charge < -0.3 is 4.90 Å². The Kier molecular flexibility index (Phi) is 2.99. The summed E-state index contributed by atoms with van der Waals surface area (Å²) in [5.74, 6) is 0.730. The SMILES string of the molecule is FC1C=CC(N2CCc3c(Cl)nc(Cl)nc32)=CC1. The van der Waals surface area contributed by atoms with Crippen LogP contribution in [0.3, 0.4) is 0 Å². The Morgan fingerprint density at radius 3 is 2.89 bits per heavy atom. The molecule has 6 heteroatoms. The molecule has 1 atom stereocenters. The Balaban J connectivity index is 1.98. The highest BCUT2D eigenvalue weighted by atomic mass is 35.5. The van der Waals surface area contributed by atoms with Crippen LogP contribution in [0.2, 0.25) is 10.4 Å². The minimum absolute atomic E-state index is 0.134. The molecule has 0 saturated heterocycles. The van der Waals surface area contributed by atoms with Gasteiger partial charge in [0.05, 0.1) is 0 Å². The summed E-state index contributed by atoms with van der Waals surface area (Å²) in [6.45, 7) is 0.761. The predicted octanol–water partition coefficient (Wildman–Crippen LogP) is 3.33. The molecule has 0 spiro atoms. The fourth-order valence-corrected chi connectivity index (χ4v) is 2.69. The summed E-state index contributed by atoms with van der Waals surface area (Å²) < 4.78 is 13.1. The Morgan fingerprint density at radius 2 is 2.17 bits per heavy atom. The number of rotatable bonds is 1. The topological polar surface area (TPSA) is 29.0 Å². The van der Waals surface area contributed by atoms with Crippen molar-refractivity contribution in [3.8, 4) is 0 Å². The quantitative estimate of drug-likeness (QED) is 0.585. The second-order valence-corrected chi connectivity index (χ2v) is 4.92. The number of anilines is 1. The van der Waals surface area contributed by atoms with Gasteiger partial charge in [-0.15, -0.1) is 0 Å². The summed E-state index contributed by atoms with van der Waals surface area (Å²) in [4.78, 5) is 10.1. The minimum Gasteiger partial charge on any atom is -0.326 e. The molecule has 0 fully saturated rings. The van der Waals surface area contributed by atoms with Crippen LogP contribution in [0.15, 0.2) is 23.9 Å². The van der Waals surface area contributed by atoms with Crippen LogP contribution in [0.1, 0.15) is 12.0 Å². The Labute approximate surface area is 114 Å². The molecular formula is C12H10Cl2FN3. The summed E-state index contributed by atoms with van der Waals surface area (Å²) in [5, 5.41) is 0.533. The van der Waals surface area contributed by atoms with Gasteiger partial charge >= 0.3 is 0 Å². The maximum absolute atomic E-state index is 13.1. The smallest absolute Gasteiger partial charge is 0.225 e. The minimum atomic E-state index is -0.895. The van der Waals surface area contributed by atoms with Gasteiger partial charge in [-0.3, -0.25) is 0 Å². The second-order valence-electron chi connectivity index (χ2n) is 4.23. The Morgan fingerprint density at radius 1 is 1.33 bits per heavy atom. The largest absolute Gasteiger partial charge is 0.326 e. The van der Waals surface area contributed by atoms with Crippen molar-refractivity contribution in [2.24, 2.45) is 0 Å². The van der Waals surface area contributed by atoms with Crippen molar-refractivity contribution in [3.05, 3.63) is 39.9 Å². The van der Waals surface area contributed by atoms with Crippen LogP contribution in [0.25, 0.3) is 0 Å². The van der Waals surface area contributed by atoms with Gasteiger partial charge in [0.25, 0.3) is 0 Å². The van der Waals surface area contributed by atoms with Crippen LogP contribution in [0.5, 0.6) is 0 Å². The zero-order valence-electron chi connectivity index (χ0n) is 9.41. The highest BCUT2D eigenvalue weighted by Gasteiger charge is 2.27. The lowest BCUT2D eigenvalue weighted by atomic mass is 10.1. The number of hydrogen-bond acceptors (Lipinski definition) is 3. The maximum Gasteiger partial charge on any atom is 0.225 e. The first-order valence-corrected chi connectivity index (χ1v) is 6.42. The van der Waals surface area contributed by atoms with E-state index in [9.17, 15) is 4.39 Å². The first-order valence-electron chi connectivity index (χ1n) is 5.67. The molecular weight excluding hydrogens is 276 g/mol. The van der Waals surface area contributed by atoms with E-state index in [1.165, 1.54) is 0 Å². The number of allylic oxidation sites excluding steroid dienone is 3. The molecule has 1 aliphatic heterocycles. The van der Waals surface area contributed by atoms with Crippen LogP contribution in [0.4, 0.5) is 10.2 Å². The molecule has 1 aromatic heterocycles. The summed E-state index contributed by atoms with van der Waals surface area (Å²) in [7, 11) is 0. The molecule has 18 heavy (non-hydrogen) atoms. The van der Waals surface area contributed by atoms with Crippen molar-refractivity contribution in [1.29, 1.82) is 0 Å². The summed E-state index contributed by atoms with van der Waals surface area (Å²) in [6.07, 6.45) is 5.46. The van der Waals surface area contributed by atoms with Gasteiger partial charge in [-0.1, -0.05) is 17.7 Å². The first-order chi connectivity index (χ1) is 8.65. The van der Waals surface area contributed by atoms with E-state index in [2.05, 4.69) is 9.97 Å². The normalized spacial score (nSPS) is 22.1. The van der Waals surface area contributed by atoms with Gasteiger partial charge in [0, 0.05) is 24.2 Å². The van der Waals surface area contributed by atoms with Crippen LogP contribution in [0, 0.1) is 0 Å². The van der Waals surface area contributed by atoms with E-state index in [0.717, 1.165) is 30.0 Å². The summed E-state index contributed by atoms with van der Waals surface area (Å²) >= 11 is 11.9. The zero-order chi connectivity index (χ0) is 12.7. The van der Waals surface area contributed by atoms with Crippen LogP contribution < -0.4 is 4.90 Å². The lowest BCUT2D eigenvalue weighted by molar-refractivity contribution is 0.400. The first kappa shape index (κ1) is 11.9. The number of alkyl halides is 1. The molecule has 0 bridgehead atoms. The number of fused-ring (bicyclic) bond motifs is 1. The van der Waals surface area contributed by atoms with E-state index in [0.29, 0.717) is 11.6 Å². The van der Waals surface area contributed by atoms with Gasteiger partial charge in [0.2, 0.25) is 5.28 Å². The molecule has 94 valence electrons. The van der Waals surface area contributed by atoms with Gasteiger partial charge in [-0.05, 0) is 30.2 Å².